The number of para-hydroxylation sites is 4. The minimum absolute atomic E-state index is 0.505. The Hall–Kier alpha value is -9.44. The maximum absolute atomic E-state index is 6.92. The summed E-state index contributed by atoms with van der Waals surface area (Å²) in [6.07, 6.45) is 0. The summed E-state index contributed by atoms with van der Waals surface area (Å²) < 4.78 is 18.3. The number of fused-ring (bicyclic) bond motifs is 11. The van der Waals surface area contributed by atoms with E-state index in [0.29, 0.717) is 40.7 Å². The summed E-state index contributed by atoms with van der Waals surface area (Å²) in [6.45, 7) is 0. The van der Waals surface area contributed by atoms with Gasteiger partial charge in [-0.1, -0.05) is 176 Å². The van der Waals surface area contributed by atoms with Crippen LogP contribution in [0, 0.1) is 0 Å². The molecule has 15 rings (SSSR count). The van der Waals surface area contributed by atoms with Crippen LogP contribution in [0.2, 0.25) is 0 Å². The number of hydrogen-bond donors (Lipinski definition) is 0. The maximum atomic E-state index is 6.92. The fourth-order valence-corrected chi connectivity index (χ4v) is 11.7. The van der Waals surface area contributed by atoms with E-state index in [-0.39, 0.29) is 0 Å². The number of anilines is 3. The average Bonchev–Trinajstić information content (AvgIpc) is 3.97. The largest absolute Gasteiger partial charge is 0.449 e. The maximum Gasteiger partial charge on any atom is 0.240 e. The van der Waals surface area contributed by atoms with Crippen molar-refractivity contribution in [2.24, 2.45) is 0 Å². The van der Waals surface area contributed by atoms with Crippen molar-refractivity contribution < 1.29 is 9.47 Å². The zero-order valence-electron chi connectivity index (χ0n) is 38.3. The van der Waals surface area contributed by atoms with Crippen LogP contribution in [0.3, 0.4) is 0 Å². The predicted octanol–water partition coefficient (Wildman–Crippen LogP) is 16.9. The van der Waals surface area contributed by atoms with E-state index >= 15 is 0 Å². The van der Waals surface area contributed by atoms with Crippen molar-refractivity contribution in [3.63, 3.8) is 0 Å². The number of ether oxygens (including phenoxy) is 2. The lowest BCUT2D eigenvalue weighted by Crippen LogP contribution is -2.19. The normalized spacial score (nSPS) is 12.6. The van der Waals surface area contributed by atoms with Crippen LogP contribution < -0.4 is 14.4 Å². The number of aromatic nitrogens is 5. The van der Waals surface area contributed by atoms with E-state index in [2.05, 4.69) is 208 Å². The Morgan fingerprint density at radius 2 is 0.819 bits per heavy atom. The van der Waals surface area contributed by atoms with Gasteiger partial charge in [0.15, 0.2) is 28.8 Å². The Kier molecular flexibility index (Phi) is 9.02. The molecule has 72 heavy (non-hydrogen) atoms. The number of hydrogen-bond acceptors (Lipinski definition) is 7. The van der Waals surface area contributed by atoms with Gasteiger partial charge in [0.25, 0.3) is 0 Å². The number of nitrogens with zero attached hydrogens (tertiary/aromatic N) is 6. The van der Waals surface area contributed by atoms with Gasteiger partial charge in [-0.15, -0.1) is 0 Å². The molecule has 0 fully saturated rings. The summed E-state index contributed by atoms with van der Waals surface area (Å²) >= 11 is 1.76. The number of benzene rings is 10. The highest BCUT2D eigenvalue weighted by Crippen LogP contribution is 2.53. The Balaban J connectivity index is 0.965. The third-order valence-corrected chi connectivity index (χ3v) is 15.0. The Labute approximate surface area is 417 Å². The second kappa shape index (κ2) is 16.1. The summed E-state index contributed by atoms with van der Waals surface area (Å²) in [5.41, 5.74) is 12.2. The highest BCUT2D eigenvalue weighted by molar-refractivity contribution is 7.99. The third-order valence-electron chi connectivity index (χ3n) is 13.8. The highest BCUT2D eigenvalue weighted by atomic mass is 32.2. The first kappa shape index (κ1) is 40.4. The van der Waals surface area contributed by atoms with Crippen molar-refractivity contribution in [2.75, 3.05) is 4.90 Å². The molecule has 0 bridgehead atoms. The van der Waals surface area contributed by atoms with Crippen LogP contribution >= 0.6 is 11.8 Å². The van der Waals surface area contributed by atoms with Crippen LogP contribution in [0.5, 0.6) is 23.0 Å². The van der Waals surface area contributed by atoms with Crippen LogP contribution in [0.1, 0.15) is 0 Å². The fraction of sp³-hybridized carbons (Fsp3) is 0. The van der Waals surface area contributed by atoms with Gasteiger partial charge in [-0.05, 0) is 82.9 Å². The molecule has 9 heteroatoms. The summed E-state index contributed by atoms with van der Waals surface area (Å²) in [4.78, 5) is 20.7. The second-order valence-electron chi connectivity index (χ2n) is 18.0. The lowest BCUT2D eigenvalue weighted by Gasteiger charge is -2.31. The third kappa shape index (κ3) is 6.31. The molecular formula is C63H38N6O2S. The smallest absolute Gasteiger partial charge is 0.240 e. The van der Waals surface area contributed by atoms with Gasteiger partial charge in [0.2, 0.25) is 11.9 Å². The van der Waals surface area contributed by atoms with Gasteiger partial charge in [0, 0.05) is 43.0 Å². The minimum Gasteiger partial charge on any atom is -0.449 e. The number of rotatable bonds is 6. The molecule has 10 aromatic carbocycles. The topological polar surface area (TPSA) is 70.2 Å². The summed E-state index contributed by atoms with van der Waals surface area (Å²) in [5.74, 6) is 4.18. The van der Waals surface area contributed by atoms with Crippen molar-refractivity contribution in [2.45, 2.75) is 9.79 Å². The molecule has 0 amide bonds. The first-order valence-electron chi connectivity index (χ1n) is 23.9. The molecule has 5 heterocycles. The fourth-order valence-electron chi connectivity index (χ4n) is 10.6. The molecule has 0 spiro atoms. The SMILES string of the molecule is c1ccc(-c2nc(N3c4ccccc4Sc4ccccc43)nc(-n3c4ccccc4c4ccc5c6ccccc6n(-c6ccc7c(c6)Oc6cc(-c8ccccc8)c(-c8ccccc8)cc6O7)c5c43)n2)cc1. The van der Waals surface area contributed by atoms with E-state index in [9.17, 15) is 0 Å². The van der Waals surface area contributed by atoms with Crippen LogP contribution in [0.25, 0.3) is 88.9 Å². The van der Waals surface area contributed by atoms with E-state index in [1.807, 2.05) is 36.4 Å². The van der Waals surface area contributed by atoms with Gasteiger partial charge in [0.1, 0.15) is 0 Å². The molecule has 8 nitrogen and oxygen atoms in total. The average molecular weight is 943 g/mol. The summed E-state index contributed by atoms with van der Waals surface area (Å²) in [6, 6.07) is 80.1. The molecule has 13 aromatic rings. The van der Waals surface area contributed by atoms with E-state index in [1.54, 1.807) is 11.8 Å². The first-order chi connectivity index (χ1) is 35.7. The van der Waals surface area contributed by atoms with E-state index in [4.69, 9.17) is 24.4 Å². The van der Waals surface area contributed by atoms with Crippen molar-refractivity contribution in [1.82, 2.24) is 24.1 Å². The molecule has 338 valence electrons. The molecule has 0 atom stereocenters. The zero-order chi connectivity index (χ0) is 47.3. The molecule has 2 aliphatic rings. The summed E-state index contributed by atoms with van der Waals surface area (Å²) in [7, 11) is 0. The van der Waals surface area contributed by atoms with Gasteiger partial charge < -0.3 is 14.0 Å². The van der Waals surface area contributed by atoms with Crippen LogP contribution in [-0.2, 0) is 0 Å². The van der Waals surface area contributed by atoms with Gasteiger partial charge in [-0.2, -0.15) is 15.0 Å². The van der Waals surface area contributed by atoms with Gasteiger partial charge in [0.05, 0.1) is 39.1 Å². The molecule has 3 aromatic heterocycles. The van der Waals surface area contributed by atoms with Crippen molar-refractivity contribution in [3.8, 4) is 68.3 Å². The second-order valence-corrected chi connectivity index (χ2v) is 19.1. The van der Waals surface area contributed by atoms with Crippen molar-refractivity contribution >= 4 is 72.7 Å². The lowest BCUT2D eigenvalue weighted by atomic mass is 9.93. The quantitative estimate of drug-likeness (QED) is 0.164. The van der Waals surface area contributed by atoms with Crippen LogP contribution in [0.15, 0.2) is 240 Å². The molecule has 2 aliphatic heterocycles. The molecule has 0 radical (unpaired) electrons. The zero-order valence-corrected chi connectivity index (χ0v) is 39.2. The molecular weight excluding hydrogens is 905 g/mol. The minimum atomic E-state index is 0.505. The van der Waals surface area contributed by atoms with Crippen LogP contribution in [-0.4, -0.2) is 24.1 Å². The lowest BCUT2D eigenvalue weighted by molar-refractivity contribution is 0.360. The summed E-state index contributed by atoms with van der Waals surface area (Å²) in [5, 5.41) is 4.37. The standard InChI is InChI=1S/C63H38N6O2S/c1-4-18-39(19-5-1)47-37-55-56(38-48(47)40-20-6-2-7-21-40)71-54-36-42(32-35-53(54)70-55)67-49-26-12-10-24-43(49)45-33-34-46-44-25-11-13-27-50(44)69(60(46)59(45)67)63-65-61(41-22-8-3-9-23-41)64-62(66-63)68-51-28-14-16-30-57(51)72-58-31-17-15-29-52(58)68/h1-38H. The predicted molar refractivity (Wildman–Crippen MR) is 290 cm³/mol. The van der Waals surface area contributed by atoms with E-state index in [1.165, 1.54) is 0 Å². The van der Waals surface area contributed by atoms with E-state index < -0.39 is 0 Å². The first-order valence-corrected chi connectivity index (χ1v) is 24.7. The van der Waals surface area contributed by atoms with E-state index in [0.717, 1.165) is 98.3 Å². The van der Waals surface area contributed by atoms with Crippen molar-refractivity contribution in [1.29, 1.82) is 0 Å². The molecule has 0 aliphatic carbocycles. The van der Waals surface area contributed by atoms with Crippen LogP contribution in [0.4, 0.5) is 17.3 Å². The highest BCUT2D eigenvalue weighted by Gasteiger charge is 2.30. The molecule has 0 saturated carbocycles. The van der Waals surface area contributed by atoms with Gasteiger partial charge >= 0.3 is 0 Å². The monoisotopic (exact) mass is 942 g/mol. The Morgan fingerprint density at radius 1 is 0.347 bits per heavy atom. The van der Waals surface area contributed by atoms with Crippen molar-refractivity contribution in [3.05, 3.63) is 231 Å². The molecule has 0 unspecified atom stereocenters. The van der Waals surface area contributed by atoms with Gasteiger partial charge in [-0.3, -0.25) is 9.47 Å². The Morgan fingerprint density at radius 3 is 1.43 bits per heavy atom. The molecule has 0 saturated heterocycles. The molecule has 0 N–H and O–H groups in total. The van der Waals surface area contributed by atoms with Gasteiger partial charge in [-0.25, -0.2) is 0 Å². The Bertz CT molecular complexity index is 4280.